The van der Waals surface area contributed by atoms with Crippen LogP contribution >= 0.6 is 11.3 Å². The van der Waals surface area contributed by atoms with Crippen LogP contribution < -0.4 is 21.7 Å². The van der Waals surface area contributed by atoms with E-state index in [1.807, 2.05) is 85.6 Å². The molecule has 0 unspecified atom stereocenters. The van der Waals surface area contributed by atoms with Gasteiger partial charge in [0.15, 0.2) is 0 Å². The first-order valence-electron chi connectivity index (χ1n) is 10.7. The summed E-state index contributed by atoms with van der Waals surface area (Å²) >= 11 is 1.51. The lowest BCUT2D eigenvalue weighted by Crippen LogP contribution is -2.36. The number of hydrogen-bond donors (Lipinski definition) is 3. The number of rotatable bonds is 8. The van der Waals surface area contributed by atoms with Gasteiger partial charge < -0.3 is 5.32 Å². The molecule has 4 rings (SSSR count). The van der Waals surface area contributed by atoms with E-state index < -0.39 is 0 Å². The number of anilines is 2. The zero-order valence-electron chi connectivity index (χ0n) is 19.3. The third-order valence-corrected chi connectivity index (χ3v) is 6.24. The maximum Gasteiger partial charge on any atom is 0.295 e. The minimum Gasteiger partial charge on any atom is -0.349 e. The first-order chi connectivity index (χ1) is 16.3. The molecule has 34 heavy (non-hydrogen) atoms. The number of carbonyl (C=O) groups is 1. The number of para-hydroxylation sites is 1. The molecular formula is C25H26N6O2S. The van der Waals surface area contributed by atoms with Gasteiger partial charge in [0.2, 0.25) is 5.91 Å². The molecular weight excluding hydrogens is 448 g/mol. The Balaban J connectivity index is 1.41. The third-order valence-electron chi connectivity index (χ3n) is 5.42. The quantitative estimate of drug-likeness (QED) is 0.338. The first-order valence-corrected chi connectivity index (χ1v) is 11.6. The lowest BCUT2D eigenvalue weighted by atomic mass is 10.1. The van der Waals surface area contributed by atoms with Crippen molar-refractivity contribution in [3.8, 4) is 5.69 Å². The van der Waals surface area contributed by atoms with Gasteiger partial charge in [-0.25, -0.2) is 9.67 Å². The van der Waals surface area contributed by atoms with E-state index in [0.29, 0.717) is 11.4 Å². The summed E-state index contributed by atoms with van der Waals surface area (Å²) in [6, 6.07) is 17.0. The van der Waals surface area contributed by atoms with Crippen LogP contribution in [0.1, 0.15) is 22.0 Å². The predicted molar refractivity (Wildman–Crippen MR) is 136 cm³/mol. The summed E-state index contributed by atoms with van der Waals surface area (Å²) in [6.07, 6.45) is 0.199. The molecule has 0 fully saturated rings. The number of nitrogens with zero attached hydrogens (tertiary/aromatic N) is 3. The van der Waals surface area contributed by atoms with Gasteiger partial charge in [0.1, 0.15) is 5.69 Å². The van der Waals surface area contributed by atoms with Crippen molar-refractivity contribution in [3.05, 3.63) is 98.9 Å². The zero-order chi connectivity index (χ0) is 24.2. The molecule has 0 bridgehead atoms. The van der Waals surface area contributed by atoms with E-state index in [-0.39, 0.29) is 17.9 Å². The smallest absolute Gasteiger partial charge is 0.295 e. The van der Waals surface area contributed by atoms with Crippen LogP contribution in [0.4, 0.5) is 11.4 Å². The van der Waals surface area contributed by atoms with Crippen LogP contribution in [0.3, 0.4) is 0 Å². The van der Waals surface area contributed by atoms with Crippen molar-refractivity contribution in [3.63, 3.8) is 0 Å². The Morgan fingerprint density at radius 1 is 1.06 bits per heavy atom. The average molecular weight is 475 g/mol. The summed E-state index contributed by atoms with van der Waals surface area (Å²) in [5.41, 5.74) is 10.4. The molecule has 1 amide bonds. The van der Waals surface area contributed by atoms with Crippen LogP contribution in [0, 0.1) is 13.8 Å². The Morgan fingerprint density at radius 3 is 2.41 bits per heavy atom. The van der Waals surface area contributed by atoms with Crippen LogP contribution in [0.5, 0.6) is 0 Å². The standard InChI is InChI=1S/C25H26N6O2S/c1-16(28-29-23(32)14-21-15-34-18(3)26-21)19-10-12-20(13-11-19)27-24-17(2)30(4)31(25(24)33)22-8-6-5-7-9-22/h5-13,15,27-28H,1,14H2,2-4H3,(H,29,32). The van der Waals surface area contributed by atoms with Crippen LogP contribution in [0.2, 0.25) is 0 Å². The second kappa shape index (κ2) is 9.80. The molecule has 0 aliphatic carbocycles. The Kier molecular flexibility index (Phi) is 6.65. The summed E-state index contributed by atoms with van der Waals surface area (Å²) in [6.45, 7) is 7.79. The van der Waals surface area contributed by atoms with Crippen LogP contribution in [-0.4, -0.2) is 20.3 Å². The number of nitrogens with one attached hydrogen (secondary N) is 3. The monoisotopic (exact) mass is 474 g/mol. The summed E-state index contributed by atoms with van der Waals surface area (Å²) in [7, 11) is 1.86. The van der Waals surface area contributed by atoms with Gasteiger partial charge in [-0.15, -0.1) is 11.3 Å². The third kappa shape index (κ3) is 4.94. The molecule has 0 aliphatic rings. The summed E-state index contributed by atoms with van der Waals surface area (Å²) < 4.78 is 3.46. The molecule has 0 atom stereocenters. The molecule has 2 aromatic heterocycles. The van der Waals surface area contributed by atoms with E-state index in [4.69, 9.17) is 0 Å². The lowest BCUT2D eigenvalue weighted by Gasteiger charge is -2.12. The maximum atomic E-state index is 13.1. The largest absolute Gasteiger partial charge is 0.349 e. The molecule has 4 aromatic rings. The number of thiazole rings is 1. The summed E-state index contributed by atoms with van der Waals surface area (Å²) in [4.78, 5) is 29.5. The van der Waals surface area contributed by atoms with Crippen LogP contribution in [0.15, 0.2) is 71.4 Å². The maximum absolute atomic E-state index is 13.1. The van der Waals surface area contributed by atoms with Crippen LogP contribution in [0.25, 0.3) is 11.4 Å². The molecule has 174 valence electrons. The van der Waals surface area contributed by atoms with E-state index in [2.05, 4.69) is 27.7 Å². The number of amides is 1. The van der Waals surface area contributed by atoms with Crippen molar-refractivity contribution < 1.29 is 4.79 Å². The van der Waals surface area contributed by atoms with Crippen molar-refractivity contribution in [2.45, 2.75) is 20.3 Å². The SMILES string of the molecule is C=C(NNC(=O)Cc1csc(C)n1)c1ccc(Nc2c(C)n(C)n(-c3ccccc3)c2=O)cc1. The molecule has 2 aromatic carbocycles. The molecule has 8 nitrogen and oxygen atoms in total. The fourth-order valence-electron chi connectivity index (χ4n) is 3.53. The number of aromatic nitrogens is 3. The van der Waals surface area contributed by atoms with E-state index >= 15 is 0 Å². The summed E-state index contributed by atoms with van der Waals surface area (Å²) in [5.74, 6) is -0.195. The topological polar surface area (TPSA) is 93.0 Å². The van der Waals surface area contributed by atoms with Gasteiger partial charge in [-0.1, -0.05) is 36.9 Å². The molecule has 0 spiro atoms. The van der Waals surface area contributed by atoms with Crippen molar-refractivity contribution >= 4 is 34.3 Å². The fraction of sp³-hybridized carbons (Fsp3) is 0.160. The Bertz CT molecular complexity index is 1380. The second-order valence-corrected chi connectivity index (χ2v) is 8.89. The van der Waals surface area contributed by atoms with Gasteiger partial charge in [-0.2, -0.15) is 0 Å². The highest BCUT2D eigenvalue weighted by atomic mass is 32.1. The Hall–Kier alpha value is -4.11. The van der Waals surface area contributed by atoms with Crippen molar-refractivity contribution in [1.82, 2.24) is 25.2 Å². The minimum absolute atomic E-state index is 0.126. The van der Waals surface area contributed by atoms with E-state index in [1.165, 1.54) is 11.3 Å². The lowest BCUT2D eigenvalue weighted by molar-refractivity contribution is -0.121. The molecule has 9 heteroatoms. The Morgan fingerprint density at radius 2 is 1.76 bits per heavy atom. The van der Waals surface area contributed by atoms with Gasteiger partial charge >= 0.3 is 0 Å². The van der Waals surface area contributed by atoms with Gasteiger partial charge in [-0.3, -0.25) is 25.1 Å². The first kappa shape index (κ1) is 23.1. The number of aryl methyl sites for hydroxylation is 1. The molecule has 0 aliphatic heterocycles. The van der Waals surface area contributed by atoms with Gasteiger partial charge in [0.05, 0.1) is 34.2 Å². The van der Waals surface area contributed by atoms with Gasteiger partial charge in [0, 0.05) is 18.1 Å². The second-order valence-electron chi connectivity index (χ2n) is 7.83. The highest BCUT2D eigenvalue weighted by Crippen LogP contribution is 2.21. The Labute approximate surface area is 201 Å². The zero-order valence-corrected chi connectivity index (χ0v) is 20.1. The van der Waals surface area contributed by atoms with Gasteiger partial charge in [-0.05, 0) is 43.7 Å². The fourth-order valence-corrected chi connectivity index (χ4v) is 4.14. The van der Waals surface area contributed by atoms with Crippen molar-refractivity contribution in [1.29, 1.82) is 0 Å². The van der Waals surface area contributed by atoms with E-state index in [1.54, 1.807) is 4.68 Å². The number of hydrazine groups is 1. The van der Waals surface area contributed by atoms with Crippen molar-refractivity contribution in [2.24, 2.45) is 7.05 Å². The number of carbonyl (C=O) groups excluding carboxylic acids is 1. The summed E-state index contributed by atoms with van der Waals surface area (Å²) in [5, 5.41) is 6.04. The van der Waals surface area contributed by atoms with Gasteiger partial charge in [0.25, 0.3) is 5.56 Å². The van der Waals surface area contributed by atoms with Crippen molar-refractivity contribution in [2.75, 3.05) is 5.32 Å². The highest BCUT2D eigenvalue weighted by molar-refractivity contribution is 7.09. The molecule has 3 N–H and O–H groups in total. The molecule has 0 saturated heterocycles. The normalized spacial score (nSPS) is 10.7. The average Bonchev–Trinajstić information content (AvgIpc) is 3.34. The highest BCUT2D eigenvalue weighted by Gasteiger charge is 2.16. The van der Waals surface area contributed by atoms with E-state index in [0.717, 1.165) is 33.3 Å². The number of benzene rings is 2. The molecule has 0 radical (unpaired) electrons. The van der Waals surface area contributed by atoms with E-state index in [9.17, 15) is 9.59 Å². The predicted octanol–water partition coefficient (Wildman–Crippen LogP) is 3.83. The number of hydrogen-bond acceptors (Lipinski definition) is 6. The molecule has 0 saturated carbocycles. The van der Waals surface area contributed by atoms with Crippen LogP contribution in [-0.2, 0) is 18.3 Å². The minimum atomic E-state index is -0.195. The molecule has 2 heterocycles.